The van der Waals surface area contributed by atoms with Crippen molar-refractivity contribution in [1.82, 2.24) is 0 Å². The molecule has 132 valence electrons. The molecule has 7 heteroatoms. The zero-order valence-electron chi connectivity index (χ0n) is 14.7. The third kappa shape index (κ3) is 2.40. The highest BCUT2D eigenvalue weighted by atomic mass is 28.4. The Kier molecular flexibility index (Phi) is 3.78. The van der Waals surface area contributed by atoms with Crippen LogP contribution in [0.2, 0.25) is 10.1 Å². The van der Waals surface area contributed by atoms with Crippen LogP contribution in [0.3, 0.4) is 0 Å². The third-order valence-corrected chi connectivity index (χ3v) is 10.6. The second-order valence-corrected chi connectivity index (χ2v) is 13.8. The van der Waals surface area contributed by atoms with Crippen molar-refractivity contribution in [2.45, 2.75) is 76.0 Å². The van der Waals surface area contributed by atoms with Gasteiger partial charge in [0.2, 0.25) is 0 Å². The van der Waals surface area contributed by atoms with Crippen molar-refractivity contribution in [3.8, 4) is 0 Å². The van der Waals surface area contributed by atoms with Crippen LogP contribution < -0.4 is 0 Å². The molecule has 0 spiro atoms. The molecule has 0 amide bonds. The molecule has 3 rings (SSSR count). The minimum atomic E-state index is -2.68. The third-order valence-electron chi connectivity index (χ3n) is 5.45. The van der Waals surface area contributed by atoms with Gasteiger partial charge in [0.1, 0.15) is 12.2 Å². The van der Waals surface area contributed by atoms with E-state index in [0.29, 0.717) is 6.61 Å². The number of rotatable bonds is 1. The standard InChI is InChI=1S/C16H28O6Si/c1-15(2,3)23(16(4,5)6)20-7-8-12(22-23)11(17)9-10(14(18)19)13(9)21-8/h8-13,17H,7H2,1-6H3,(H,18,19)/t8-,9-,10-,11-,12-,13?/m1/s1. The smallest absolute Gasteiger partial charge is 0.349 e. The average molecular weight is 344 g/mol. The molecule has 23 heavy (non-hydrogen) atoms. The van der Waals surface area contributed by atoms with Crippen molar-refractivity contribution in [2.24, 2.45) is 11.8 Å². The van der Waals surface area contributed by atoms with E-state index in [1.807, 2.05) is 0 Å². The van der Waals surface area contributed by atoms with Gasteiger partial charge in [0.25, 0.3) is 0 Å². The van der Waals surface area contributed by atoms with Crippen LogP contribution in [0.15, 0.2) is 0 Å². The second kappa shape index (κ2) is 5.02. The highest BCUT2D eigenvalue weighted by Gasteiger charge is 2.70. The lowest BCUT2D eigenvalue weighted by molar-refractivity contribution is -0.179. The number of carboxylic acid groups (broad SMARTS) is 1. The van der Waals surface area contributed by atoms with Crippen molar-refractivity contribution in [3.63, 3.8) is 0 Å². The Morgan fingerprint density at radius 3 is 2.13 bits per heavy atom. The molecule has 2 heterocycles. The maximum atomic E-state index is 11.3. The Labute approximate surface area is 138 Å². The van der Waals surface area contributed by atoms with Gasteiger partial charge in [-0.2, -0.15) is 0 Å². The second-order valence-electron chi connectivity index (χ2n) is 9.08. The first-order valence-corrected chi connectivity index (χ1v) is 10.1. The van der Waals surface area contributed by atoms with Gasteiger partial charge >= 0.3 is 14.5 Å². The van der Waals surface area contributed by atoms with Gasteiger partial charge in [0, 0.05) is 16.0 Å². The first kappa shape index (κ1) is 17.4. The van der Waals surface area contributed by atoms with Crippen LogP contribution in [0, 0.1) is 11.8 Å². The summed E-state index contributed by atoms with van der Waals surface area (Å²) in [5.41, 5.74) is 0. The molecule has 0 aromatic rings. The molecule has 1 unspecified atom stereocenters. The van der Waals surface area contributed by atoms with E-state index < -0.39 is 38.8 Å². The molecule has 2 N–H and O–H groups in total. The number of hydrogen-bond donors (Lipinski definition) is 2. The normalized spacial score (nSPS) is 42.6. The van der Waals surface area contributed by atoms with Gasteiger partial charge in [-0.3, -0.25) is 4.79 Å². The summed E-state index contributed by atoms with van der Waals surface area (Å²) in [4.78, 5) is 11.3. The molecule has 0 aromatic heterocycles. The molecule has 2 aliphatic heterocycles. The molecule has 6 atom stereocenters. The van der Waals surface area contributed by atoms with Gasteiger partial charge in [-0.15, -0.1) is 0 Å². The number of aliphatic hydroxyl groups excluding tert-OH is 1. The maximum absolute atomic E-state index is 11.3. The minimum Gasteiger partial charge on any atom is -0.481 e. The van der Waals surface area contributed by atoms with Crippen LogP contribution in [0.4, 0.5) is 0 Å². The summed E-state index contributed by atoms with van der Waals surface area (Å²) in [7, 11) is -2.68. The predicted molar refractivity (Wildman–Crippen MR) is 85.3 cm³/mol. The summed E-state index contributed by atoms with van der Waals surface area (Å²) in [6.07, 6.45) is -2.10. The monoisotopic (exact) mass is 344 g/mol. The summed E-state index contributed by atoms with van der Waals surface area (Å²) in [5.74, 6) is -1.90. The van der Waals surface area contributed by atoms with Crippen molar-refractivity contribution in [1.29, 1.82) is 0 Å². The molecule has 3 fully saturated rings. The number of hydrogen-bond acceptors (Lipinski definition) is 5. The first-order valence-electron chi connectivity index (χ1n) is 8.29. The van der Waals surface area contributed by atoms with Crippen LogP contribution in [-0.4, -0.2) is 55.8 Å². The van der Waals surface area contributed by atoms with Gasteiger partial charge < -0.3 is 23.8 Å². The lowest BCUT2D eigenvalue weighted by atomic mass is 10.0. The van der Waals surface area contributed by atoms with Crippen LogP contribution in [0.5, 0.6) is 0 Å². The topological polar surface area (TPSA) is 85.2 Å². The Balaban J connectivity index is 1.89. The fraction of sp³-hybridized carbons (Fsp3) is 0.938. The molecule has 0 bridgehead atoms. The van der Waals surface area contributed by atoms with E-state index in [2.05, 4.69) is 41.5 Å². The van der Waals surface area contributed by atoms with E-state index in [1.54, 1.807) is 0 Å². The van der Waals surface area contributed by atoms with E-state index in [-0.39, 0.29) is 22.1 Å². The van der Waals surface area contributed by atoms with E-state index in [4.69, 9.17) is 13.6 Å². The summed E-state index contributed by atoms with van der Waals surface area (Å²) in [6, 6.07) is 0. The maximum Gasteiger partial charge on any atom is 0.349 e. The van der Waals surface area contributed by atoms with E-state index in [9.17, 15) is 15.0 Å². The molecular formula is C16H28O6Si. The number of fused-ring (bicyclic) bond motifs is 2. The fourth-order valence-electron chi connectivity index (χ4n) is 4.53. The van der Waals surface area contributed by atoms with Crippen LogP contribution >= 0.6 is 0 Å². The molecule has 1 aliphatic carbocycles. The molecule has 2 saturated heterocycles. The summed E-state index contributed by atoms with van der Waals surface area (Å²) in [6.45, 7) is 13.0. The van der Waals surface area contributed by atoms with E-state index in [1.165, 1.54) is 0 Å². The van der Waals surface area contributed by atoms with Crippen LogP contribution in [0.25, 0.3) is 0 Å². The Morgan fingerprint density at radius 2 is 1.65 bits per heavy atom. The van der Waals surface area contributed by atoms with E-state index >= 15 is 0 Å². The molecule has 1 saturated carbocycles. The summed E-state index contributed by atoms with van der Waals surface area (Å²) in [5, 5.41) is 19.6. The molecule has 3 aliphatic rings. The van der Waals surface area contributed by atoms with Crippen molar-refractivity contribution in [3.05, 3.63) is 0 Å². The molecule has 0 aromatic carbocycles. The fourth-order valence-corrected chi connectivity index (χ4v) is 9.49. The lowest BCUT2D eigenvalue weighted by Crippen LogP contribution is -2.68. The zero-order chi connectivity index (χ0) is 17.4. The first-order chi connectivity index (χ1) is 10.4. The molecular weight excluding hydrogens is 316 g/mol. The Morgan fingerprint density at radius 1 is 1.09 bits per heavy atom. The zero-order valence-corrected chi connectivity index (χ0v) is 15.7. The highest BCUT2D eigenvalue weighted by molar-refractivity contribution is 6.73. The number of carbonyl (C=O) groups is 1. The Bertz CT molecular complexity index is 494. The predicted octanol–water partition coefficient (Wildman–Crippen LogP) is 1.90. The number of carboxylic acids is 1. The summed E-state index contributed by atoms with van der Waals surface area (Å²) >= 11 is 0. The van der Waals surface area contributed by atoms with Crippen molar-refractivity contribution < 1.29 is 28.6 Å². The van der Waals surface area contributed by atoms with Crippen LogP contribution in [0.1, 0.15) is 41.5 Å². The average Bonchev–Trinajstić information content (AvgIpc) is 3.10. The highest BCUT2D eigenvalue weighted by Crippen LogP contribution is 2.58. The largest absolute Gasteiger partial charge is 0.481 e. The van der Waals surface area contributed by atoms with Gasteiger partial charge in [0.15, 0.2) is 0 Å². The Hall–Kier alpha value is -0.473. The molecule has 6 nitrogen and oxygen atoms in total. The van der Waals surface area contributed by atoms with Crippen LogP contribution in [-0.2, 0) is 18.4 Å². The van der Waals surface area contributed by atoms with Gasteiger partial charge in [-0.25, -0.2) is 0 Å². The van der Waals surface area contributed by atoms with Crippen molar-refractivity contribution >= 4 is 14.5 Å². The lowest BCUT2D eigenvalue weighted by Gasteiger charge is -2.56. The van der Waals surface area contributed by atoms with Gasteiger partial charge in [0.05, 0.1) is 24.7 Å². The van der Waals surface area contributed by atoms with Gasteiger partial charge in [-0.05, 0) is 0 Å². The van der Waals surface area contributed by atoms with E-state index in [0.717, 1.165) is 0 Å². The number of aliphatic hydroxyl groups is 1. The molecule has 0 radical (unpaired) electrons. The van der Waals surface area contributed by atoms with Crippen molar-refractivity contribution in [2.75, 3.05) is 6.61 Å². The number of ether oxygens (including phenoxy) is 1. The number of aliphatic carboxylic acids is 1. The SMILES string of the molecule is CC(C)(C)[Si]1(C(C)(C)C)OC[C@H]2OC3[C@@H]([C@@H](O)[C@@H]2O1)[C@H]3C(=O)O. The van der Waals surface area contributed by atoms with Gasteiger partial charge in [-0.1, -0.05) is 41.5 Å². The quantitative estimate of drug-likeness (QED) is 0.707. The summed E-state index contributed by atoms with van der Waals surface area (Å²) < 4.78 is 18.7. The minimum absolute atomic E-state index is 0.178.